The van der Waals surface area contributed by atoms with E-state index in [0.717, 1.165) is 22.5 Å². The molecule has 1 aromatic carbocycles. The molecule has 1 aliphatic rings. The number of nitrogens with one attached hydrogen (secondary N) is 1. The van der Waals surface area contributed by atoms with Crippen LogP contribution in [-0.2, 0) is 16.1 Å². The molecule has 124 valence electrons. The first-order valence-corrected chi connectivity index (χ1v) is 8.09. The third-order valence-electron chi connectivity index (χ3n) is 4.18. The lowest BCUT2D eigenvalue weighted by Crippen LogP contribution is -2.32. The van der Waals surface area contributed by atoms with Gasteiger partial charge >= 0.3 is 0 Å². The van der Waals surface area contributed by atoms with Crippen molar-refractivity contribution in [1.82, 2.24) is 10.3 Å². The summed E-state index contributed by atoms with van der Waals surface area (Å²) in [6.07, 6.45) is 1.95. The highest BCUT2D eigenvalue weighted by molar-refractivity contribution is 6.00. The Morgan fingerprint density at radius 3 is 2.67 bits per heavy atom. The van der Waals surface area contributed by atoms with Crippen molar-refractivity contribution in [1.29, 1.82) is 0 Å². The van der Waals surface area contributed by atoms with E-state index in [0.29, 0.717) is 13.1 Å². The van der Waals surface area contributed by atoms with Gasteiger partial charge in [0, 0.05) is 24.8 Å². The highest BCUT2D eigenvalue weighted by atomic mass is 16.2. The van der Waals surface area contributed by atoms with Gasteiger partial charge in [0.05, 0.1) is 18.2 Å². The van der Waals surface area contributed by atoms with Crippen molar-refractivity contribution in [3.05, 3.63) is 59.4 Å². The van der Waals surface area contributed by atoms with Crippen molar-refractivity contribution >= 4 is 17.5 Å². The van der Waals surface area contributed by atoms with Gasteiger partial charge in [0.2, 0.25) is 11.8 Å². The lowest BCUT2D eigenvalue weighted by Gasteiger charge is -2.18. The molecule has 1 atom stereocenters. The van der Waals surface area contributed by atoms with Gasteiger partial charge in [-0.05, 0) is 49.2 Å². The van der Waals surface area contributed by atoms with Crippen molar-refractivity contribution in [3.8, 4) is 0 Å². The van der Waals surface area contributed by atoms with Crippen LogP contribution >= 0.6 is 0 Å². The highest BCUT2D eigenvalue weighted by Crippen LogP contribution is 2.27. The molecule has 1 fully saturated rings. The average Bonchev–Trinajstić information content (AvgIpc) is 2.95. The van der Waals surface area contributed by atoms with Gasteiger partial charge in [0.15, 0.2) is 0 Å². The number of amides is 2. The first kappa shape index (κ1) is 16.2. The molecule has 1 N–H and O–H groups in total. The molecule has 3 rings (SSSR count). The molecule has 0 bridgehead atoms. The number of anilines is 1. The van der Waals surface area contributed by atoms with Crippen LogP contribution in [0.5, 0.6) is 0 Å². The molecule has 2 aromatic rings. The minimum atomic E-state index is -0.318. The number of hydrogen-bond donors (Lipinski definition) is 1. The Hall–Kier alpha value is -2.69. The summed E-state index contributed by atoms with van der Waals surface area (Å²) < 4.78 is 0. The van der Waals surface area contributed by atoms with E-state index in [-0.39, 0.29) is 24.2 Å². The maximum atomic E-state index is 12.4. The van der Waals surface area contributed by atoms with Gasteiger partial charge < -0.3 is 10.2 Å². The molecule has 0 unspecified atom stereocenters. The van der Waals surface area contributed by atoms with Gasteiger partial charge in [-0.3, -0.25) is 14.6 Å². The Balaban J connectivity index is 1.64. The number of benzene rings is 1. The number of pyridine rings is 1. The van der Waals surface area contributed by atoms with Crippen molar-refractivity contribution in [2.24, 2.45) is 5.92 Å². The van der Waals surface area contributed by atoms with Gasteiger partial charge in [0.25, 0.3) is 0 Å². The normalized spacial score (nSPS) is 17.2. The third kappa shape index (κ3) is 3.62. The molecular formula is C19H21N3O2. The second kappa shape index (κ2) is 6.83. The molecule has 2 amide bonds. The van der Waals surface area contributed by atoms with E-state index >= 15 is 0 Å². The van der Waals surface area contributed by atoms with Crippen molar-refractivity contribution in [3.63, 3.8) is 0 Å². The standard InChI is InChI=1S/C19H21N3O2/c1-13-7-14(2)9-17(8-13)22-12-15(10-18(22)23)19(24)21-11-16-5-3-4-6-20-16/h3-9,15H,10-12H2,1-2H3,(H,21,24)/t15-/m1/s1. The zero-order chi connectivity index (χ0) is 17.1. The maximum Gasteiger partial charge on any atom is 0.227 e. The first-order valence-electron chi connectivity index (χ1n) is 8.09. The quantitative estimate of drug-likeness (QED) is 0.939. The molecular weight excluding hydrogens is 302 g/mol. The van der Waals surface area contributed by atoms with Crippen LogP contribution in [0.4, 0.5) is 5.69 Å². The average molecular weight is 323 g/mol. The van der Waals surface area contributed by atoms with E-state index in [2.05, 4.69) is 16.4 Å². The van der Waals surface area contributed by atoms with Crippen molar-refractivity contribution in [2.75, 3.05) is 11.4 Å². The highest BCUT2D eigenvalue weighted by Gasteiger charge is 2.35. The monoisotopic (exact) mass is 323 g/mol. The van der Waals surface area contributed by atoms with E-state index in [9.17, 15) is 9.59 Å². The summed E-state index contributed by atoms with van der Waals surface area (Å²) in [6.45, 7) is 4.83. The van der Waals surface area contributed by atoms with Crippen LogP contribution < -0.4 is 10.2 Å². The van der Waals surface area contributed by atoms with Gasteiger partial charge in [-0.2, -0.15) is 0 Å². The van der Waals surface area contributed by atoms with Crippen LogP contribution in [0.1, 0.15) is 23.2 Å². The summed E-state index contributed by atoms with van der Waals surface area (Å²) >= 11 is 0. The Morgan fingerprint density at radius 1 is 1.25 bits per heavy atom. The molecule has 1 aromatic heterocycles. The van der Waals surface area contributed by atoms with Crippen molar-refractivity contribution < 1.29 is 9.59 Å². The van der Waals surface area contributed by atoms with Gasteiger partial charge in [-0.15, -0.1) is 0 Å². The second-order valence-electron chi connectivity index (χ2n) is 6.29. The number of carbonyl (C=O) groups excluding carboxylic acids is 2. The number of hydrogen-bond acceptors (Lipinski definition) is 3. The van der Waals surface area contributed by atoms with Gasteiger partial charge in [-0.1, -0.05) is 12.1 Å². The predicted molar refractivity (Wildman–Crippen MR) is 92.5 cm³/mol. The molecule has 5 nitrogen and oxygen atoms in total. The Bertz CT molecular complexity index is 738. The zero-order valence-electron chi connectivity index (χ0n) is 14.0. The number of nitrogens with zero attached hydrogens (tertiary/aromatic N) is 2. The number of aryl methyl sites for hydroxylation is 2. The lowest BCUT2D eigenvalue weighted by molar-refractivity contribution is -0.126. The van der Waals surface area contributed by atoms with Crippen molar-refractivity contribution in [2.45, 2.75) is 26.8 Å². The molecule has 1 aliphatic heterocycles. The van der Waals surface area contributed by atoms with Gasteiger partial charge in [0.1, 0.15) is 0 Å². The fraction of sp³-hybridized carbons (Fsp3) is 0.316. The summed E-state index contributed by atoms with van der Waals surface area (Å²) in [7, 11) is 0. The Labute approximate surface area is 141 Å². The Morgan fingerprint density at radius 2 is 2.00 bits per heavy atom. The molecule has 24 heavy (non-hydrogen) atoms. The third-order valence-corrected chi connectivity index (χ3v) is 4.18. The summed E-state index contributed by atoms with van der Waals surface area (Å²) in [4.78, 5) is 30.6. The maximum absolute atomic E-state index is 12.4. The molecule has 5 heteroatoms. The Kier molecular flexibility index (Phi) is 4.60. The first-order chi connectivity index (χ1) is 11.5. The predicted octanol–water partition coefficient (Wildman–Crippen LogP) is 2.37. The van der Waals surface area contributed by atoms with Crippen LogP contribution in [0.15, 0.2) is 42.6 Å². The summed E-state index contributed by atoms with van der Waals surface area (Å²) in [6, 6.07) is 11.6. The summed E-state index contributed by atoms with van der Waals surface area (Å²) in [5.41, 5.74) is 3.90. The molecule has 1 saturated heterocycles. The smallest absolute Gasteiger partial charge is 0.227 e. The summed E-state index contributed by atoms with van der Waals surface area (Å²) in [5, 5.41) is 2.88. The van der Waals surface area contributed by atoms with Crippen LogP contribution in [0.25, 0.3) is 0 Å². The van der Waals surface area contributed by atoms with Crippen LogP contribution in [0, 0.1) is 19.8 Å². The minimum Gasteiger partial charge on any atom is -0.350 e. The van der Waals surface area contributed by atoms with E-state index in [1.165, 1.54) is 0 Å². The number of rotatable bonds is 4. The molecule has 0 radical (unpaired) electrons. The van der Waals surface area contributed by atoms with Crippen LogP contribution in [0.2, 0.25) is 0 Å². The van der Waals surface area contributed by atoms with Crippen LogP contribution in [-0.4, -0.2) is 23.3 Å². The van der Waals surface area contributed by atoms with E-state index in [1.807, 2.05) is 44.2 Å². The fourth-order valence-electron chi connectivity index (χ4n) is 3.06. The molecule has 0 aliphatic carbocycles. The van der Waals surface area contributed by atoms with E-state index in [1.54, 1.807) is 11.1 Å². The molecule has 0 spiro atoms. The second-order valence-corrected chi connectivity index (χ2v) is 6.29. The fourth-order valence-corrected chi connectivity index (χ4v) is 3.06. The SMILES string of the molecule is Cc1cc(C)cc(N2C[C@H](C(=O)NCc3ccccn3)CC2=O)c1. The minimum absolute atomic E-state index is 0.00186. The summed E-state index contributed by atoms with van der Waals surface area (Å²) in [5.74, 6) is -0.416. The zero-order valence-corrected chi connectivity index (χ0v) is 14.0. The molecule has 2 heterocycles. The van der Waals surface area contributed by atoms with E-state index in [4.69, 9.17) is 0 Å². The topological polar surface area (TPSA) is 62.3 Å². The molecule has 0 saturated carbocycles. The van der Waals surface area contributed by atoms with Crippen LogP contribution in [0.3, 0.4) is 0 Å². The lowest BCUT2D eigenvalue weighted by atomic mass is 10.1. The number of carbonyl (C=O) groups is 2. The number of aromatic nitrogens is 1. The van der Waals surface area contributed by atoms with Gasteiger partial charge in [-0.25, -0.2) is 0 Å². The van der Waals surface area contributed by atoms with E-state index < -0.39 is 0 Å². The largest absolute Gasteiger partial charge is 0.350 e.